The molecule has 0 aliphatic rings. The highest BCUT2D eigenvalue weighted by Gasteiger charge is 2.04. The molecule has 0 amide bonds. The van der Waals surface area contributed by atoms with Gasteiger partial charge in [0.1, 0.15) is 5.76 Å². The predicted octanol–water partition coefficient (Wildman–Crippen LogP) is 3.19. The highest BCUT2D eigenvalue weighted by molar-refractivity contribution is 5.70. The molecule has 0 saturated heterocycles. The van der Waals surface area contributed by atoms with Gasteiger partial charge >= 0.3 is 0 Å². The summed E-state index contributed by atoms with van der Waals surface area (Å²) in [5.74, 6) is 0.558. The van der Waals surface area contributed by atoms with Gasteiger partial charge in [0.15, 0.2) is 0 Å². The number of nitrogens with zero attached hydrogens (tertiary/aromatic N) is 1. The Bertz CT molecular complexity index is 399. The summed E-state index contributed by atoms with van der Waals surface area (Å²) in [6, 6.07) is 7.63. The van der Waals surface area contributed by atoms with Crippen molar-refractivity contribution in [2.75, 3.05) is 0 Å². The van der Waals surface area contributed by atoms with Gasteiger partial charge in [0.05, 0.1) is 0 Å². The van der Waals surface area contributed by atoms with Crippen molar-refractivity contribution < 1.29 is 4.74 Å². The van der Waals surface area contributed by atoms with Crippen LogP contribution in [-0.2, 0) is 4.74 Å². The molecule has 1 aromatic rings. The standard InChI is InChI=1S/C12H11NO/c1-3-10-7-5-6-8-11(10)12(4-2)14-9-13/h3-8H,1H2,2H3/b12-4+. The van der Waals surface area contributed by atoms with Gasteiger partial charge in [0.25, 0.3) is 6.26 Å². The summed E-state index contributed by atoms with van der Waals surface area (Å²) in [6.45, 7) is 5.53. The summed E-state index contributed by atoms with van der Waals surface area (Å²) in [7, 11) is 0. The van der Waals surface area contributed by atoms with Gasteiger partial charge in [-0.2, -0.15) is 0 Å². The highest BCUT2D eigenvalue weighted by atomic mass is 16.5. The first kappa shape index (κ1) is 10.1. The molecule has 0 unspecified atom stereocenters. The Kier molecular flexibility index (Phi) is 3.51. The van der Waals surface area contributed by atoms with Crippen molar-refractivity contribution in [2.24, 2.45) is 0 Å². The van der Waals surface area contributed by atoms with Crippen LogP contribution in [0.3, 0.4) is 0 Å². The number of hydrogen-bond donors (Lipinski definition) is 0. The van der Waals surface area contributed by atoms with Crippen LogP contribution in [-0.4, -0.2) is 0 Å². The van der Waals surface area contributed by atoms with Crippen LogP contribution >= 0.6 is 0 Å². The second-order valence-electron chi connectivity index (χ2n) is 2.64. The summed E-state index contributed by atoms with van der Waals surface area (Å²) in [6.07, 6.45) is 5.16. The number of allylic oxidation sites excluding steroid dienone is 1. The number of nitriles is 1. The largest absolute Gasteiger partial charge is 0.388 e. The van der Waals surface area contributed by atoms with Crippen molar-refractivity contribution in [1.29, 1.82) is 5.26 Å². The molecule has 0 atom stereocenters. The summed E-state index contributed by atoms with van der Waals surface area (Å²) in [5.41, 5.74) is 1.84. The summed E-state index contributed by atoms with van der Waals surface area (Å²) in [5, 5.41) is 8.45. The van der Waals surface area contributed by atoms with Crippen molar-refractivity contribution in [2.45, 2.75) is 6.92 Å². The minimum Gasteiger partial charge on any atom is -0.388 e. The van der Waals surface area contributed by atoms with Crippen molar-refractivity contribution in [3.05, 3.63) is 48.0 Å². The minimum absolute atomic E-state index is 0.558. The Labute approximate surface area is 83.7 Å². The van der Waals surface area contributed by atoms with E-state index in [1.807, 2.05) is 31.2 Å². The molecule has 14 heavy (non-hydrogen) atoms. The van der Waals surface area contributed by atoms with Gasteiger partial charge in [-0.3, -0.25) is 0 Å². The molecule has 0 heterocycles. The van der Waals surface area contributed by atoms with Gasteiger partial charge in [-0.05, 0) is 18.6 Å². The number of rotatable bonds is 3. The van der Waals surface area contributed by atoms with Gasteiger partial charge in [-0.25, -0.2) is 0 Å². The van der Waals surface area contributed by atoms with Crippen LogP contribution in [0, 0.1) is 11.5 Å². The fourth-order valence-corrected chi connectivity index (χ4v) is 1.22. The van der Waals surface area contributed by atoms with E-state index >= 15 is 0 Å². The van der Waals surface area contributed by atoms with E-state index in [9.17, 15) is 0 Å². The van der Waals surface area contributed by atoms with Gasteiger partial charge in [-0.15, -0.1) is 5.26 Å². The molecule has 0 aliphatic heterocycles. The molecule has 0 aliphatic carbocycles. The minimum atomic E-state index is 0.558. The molecule has 1 aromatic carbocycles. The van der Waals surface area contributed by atoms with Crippen LogP contribution in [0.5, 0.6) is 0 Å². The van der Waals surface area contributed by atoms with Crippen molar-refractivity contribution in [1.82, 2.24) is 0 Å². The van der Waals surface area contributed by atoms with Gasteiger partial charge < -0.3 is 4.74 Å². The summed E-state index contributed by atoms with van der Waals surface area (Å²) in [4.78, 5) is 0. The lowest BCUT2D eigenvalue weighted by molar-refractivity contribution is 0.462. The Morgan fingerprint density at radius 3 is 2.79 bits per heavy atom. The van der Waals surface area contributed by atoms with E-state index in [-0.39, 0.29) is 0 Å². The molecule has 0 aromatic heterocycles. The molecular weight excluding hydrogens is 174 g/mol. The maximum Gasteiger partial charge on any atom is 0.292 e. The van der Waals surface area contributed by atoms with E-state index < -0.39 is 0 Å². The van der Waals surface area contributed by atoms with Crippen LogP contribution in [0.25, 0.3) is 11.8 Å². The molecule has 0 N–H and O–H groups in total. The number of hydrogen-bond acceptors (Lipinski definition) is 2. The lowest BCUT2D eigenvalue weighted by atomic mass is 10.1. The average Bonchev–Trinajstić information content (AvgIpc) is 2.26. The molecule has 0 radical (unpaired) electrons. The first-order valence-corrected chi connectivity index (χ1v) is 4.27. The summed E-state index contributed by atoms with van der Waals surface area (Å²) >= 11 is 0. The smallest absolute Gasteiger partial charge is 0.292 e. The third-order valence-electron chi connectivity index (χ3n) is 1.86. The van der Waals surface area contributed by atoms with E-state index in [2.05, 4.69) is 6.58 Å². The topological polar surface area (TPSA) is 33.0 Å². The SMILES string of the molecule is C=Cc1ccccc1/C(=C\C)OC#N. The number of benzene rings is 1. The van der Waals surface area contributed by atoms with Crippen LogP contribution in [0.4, 0.5) is 0 Å². The zero-order valence-electron chi connectivity index (χ0n) is 8.03. The molecule has 2 heteroatoms. The molecule has 70 valence electrons. The lowest BCUT2D eigenvalue weighted by Crippen LogP contribution is -1.89. The van der Waals surface area contributed by atoms with Crippen LogP contribution in [0.2, 0.25) is 0 Å². The fraction of sp³-hybridized carbons (Fsp3) is 0.0833. The van der Waals surface area contributed by atoms with Gasteiger partial charge in [-0.1, -0.05) is 36.9 Å². The first-order chi connectivity index (χ1) is 6.83. The normalized spacial score (nSPS) is 10.4. The Hall–Kier alpha value is -2.01. The third-order valence-corrected chi connectivity index (χ3v) is 1.86. The first-order valence-electron chi connectivity index (χ1n) is 4.27. The van der Waals surface area contributed by atoms with Gasteiger partial charge in [0.2, 0.25) is 0 Å². The zero-order chi connectivity index (χ0) is 10.4. The molecule has 0 spiro atoms. The zero-order valence-corrected chi connectivity index (χ0v) is 8.03. The van der Waals surface area contributed by atoms with Crippen LogP contribution in [0.15, 0.2) is 36.9 Å². The molecule has 0 fully saturated rings. The van der Waals surface area contributed by atoms with Crippen molar-refractivity contribution >= 4 is 11.8 Å². The predicted molar refractivity (Wildman–Crippen MR) is 56.9 cm³/mol. The monoisotopic (exact) mass is 185 g/mol. The van der Waals surface area contributed by atoms with E-state index in [1.54, 1.807) is 18.4 Å². The second-order valence-corrected chi connectivity index (χ2v) is 2.64. The molecular formula is C12H11NO. The Morgan fingerprint density at radius 2 is 2.21 bits per heavy atom. The van der Waals surface area contributed by atoms with Crippen molar-refractivity contribution in [3.63, 3.8) is 0 Å². The van der Waals surface area contributed by atoms with Crippen LogP contribution < -0.4 is 0 Å². The molecule has 2 nitrogen and oxygen atoms in total. The fourth-order valence-electron chi connectivity index (χ4n) is 1.22. The maximum absolute atomic E-state index is 8.45. The van der Waals surface area contributed by atoms with E-state index in [0.29, 0.717) is 5.76 Å². The van der Waals surface area contributed by atoms with E-state index in [0.717, 1.165) is 11.1 Å². The lowest BCUT2D eigenvalue weighted by Gasteiger charge is -2.06. The quantitative estimate of drug-likeness (QED) is 0.535. The second kappa shape index (κ2) is 4.88. The maximum atomic E-state index is 8.45. The Morgan fingerprint density at radius 1 is 1.50 bits per heavy atom. The van der Waals surface area contributed by atoms with Gasteiger partial charge in [0, 0.05) is 5.56 Å². The molecule has 1 rings (SSSR count). The number of ether oxygens (including phenoxy) is 1. The highest BCUT2D eigenvalue weighted by Crippen LogP contribution is 2.20. The van der Waals surface area contributed by atoms with Crippen LogP contribution in [0.1, 0.15) is 18.1 Å². The molecule has 0 bridgehead atoms. The van der Waals surface area contributed by atoms with Crippen molar-refractivity contribution in [3.8, 4) is 6.26 Å². The third kappa shape index (κ3) is 2.02. The molecule has 0 saturated carbocycles. The average molecular weight is 185 g/mol. The summed E-state index contributed by atoms with van der Waals surface area (Å²) < 4.78 is 4.84. The van der Waals surface area contributed by atoms with E-state index in [1.165, 1.54) is 0 Å². The Balaban J connectivity index is 3.17. The van der Waals surface area contributed by atoms with E-state index in [4.69, 9.17) is 10.00 Å².